The van der Waals surface area contributed by atoms with Gasteiger partial charge in [-0.2, -0.15) is 0 Å². The Bertz CT molecular complexity index is 709. The van der Waals surface area contributed by atoms with Crippen LogP contribution in [0.2, 0.25) is 0 Å². The molecule has 0 aliphatic carbocycles. The molecular formula is C16H13N3OS. The number of amides is 2. The second-order valence-electron chi connectivity index (χ2n) is 4.36. The third-order valence-corrected chi connectivity index (χ3v) is 3.59. The molecule has 0 atom stereocenters. The van der Waals surface area contributed by atoms with Crippen LogP contribution in [0.3, 0.4) is 0 Å². The number of aromatic nitrogens is 1. The van der Waals surface area contributed by atoms with Gasteiger partial charge in [0.05, 0.1) is 0 Å². The summed E-state index contributed by atoms with van der Waals surface area (Å²) in [4.78, 5) is 15.8. The highest BCUT2D eigenvalue weighted by molar-refractivity contribution is 7.13. The maximum absolute atomic E-state index is 11.8. The van der Waals surface area contributed by atoms with E-state index in [2.05, 4.69) is 27.8 Å². The van der Waals surface area contributed by atoms with Crippen molar-refractivity contribution in [3.8, 4) is 11.1 Å². The number of hydrogen-bond acceptors (Lipinski definition) is 3. The molecule has 2 aromatic carbocycles. The first kappa shape index (κ1) is 13.3. The Morgan fingerprint density at radius 3 is 2.29 bits per heavy atom. The van der Waals surface area contributed by atoms with Gasteiger partial charge >= 0.3 is 6.03 Å². The fraction of sp³-hybridized carbons (Fsp3) is 0. The maximum atomic E-state index is 11.8. The summed E-state index contributed by atoms with van der Waals surface area (Å²) >= 11 is 1.38. The van der Waals surface area contributed by atoms with Gasteiger partial charge in [0, 0.05) is 17.3 Å². The lowest BCUT2D eigenvalue weighted by atomic mass is 10.1. The first-order valence-corrected chi connectivity index (χ1v) is 7.32. The Balaban J connectivity index is 1.66. The van der Waals surface area contributed by atoms with Crippen LogP contribution in [0, 0.1) is 0 Å². The standard InChI is InChI=1S/C16H13N3OS/c20-15(19-16-17-10-11-21-16)18-14-8-6-13(7-9-14)12-4-2-1-3-5-12/h1-11H,(H2,17,18,19,20). The lowest BCUT2D eigenvalue weighted by Crippen LogP contribution is -2.19. The van der Waals surface area contributed by atoms with Crippen molar-refractivity contribution in [2.24, 2.45) is 0 Å². The minimum absolute atomic E-state index is 0.294. The summed E-state index contributed by atoms with van der Waals surface area (Å²) < 4.78 is 0. The largest absolute Gasteiger partial charge is 0.325 e. The summed E-state index contributed by atoms with van der Waals surface area (Å²) in [6, 6.07) is 17.5. The van der Waals surface area contributed by atoms with Crippen molar-refractivity contribution < 1.29 is 4.79 Å². The molecule has 1 heterocycles. The second kappa shape index (κ2) is 6.19. The van der Waals surface area contributed by atoms with Crippen LogP contribution in [0.25, 0.3) is 11.1 Å². The highest BCUT2D eigenvalue weighted by Crippen LogP contribution is 2.21. The zero-order valence-corrected chi connectivity index (χ0v) is 11.9. The van der Waals surface area contributed by atoms with E-state index in [1.54, 1.807) is 6.20 Å². The number of rotatable bonds is 3. The van der Waals surface area contributed by atoms with Gasteiger partial charge in [0.2, 0.25) is 0 Å². The third kappa shape index (κ3) is 3.46. The molecule has 0 saturated carbocycles. The van der Waals surface area contributed by atoms with E-state index in [1.165, 1.54) is 11.3 Å². The molecule has 3 rings (SSSR count). The van der Waals surface area contributed by atoms with Crippen LogP contribution in [0.1, 0.15) is 0 Å². The van der Waals surface area contributed by atoms with E-state index in [4.69, 9.17) is 0 Å². The molecule has 3 aromatic rings. The fourth-order valence-electron chi connectivity index (χ4n) is 1.92. The number of carbonyl (C=O) groups is 1. The molecule has 0 aliphatic rings. The monoisotopic (exact) mass is 295 g/mol. The molecule has 0 radical (unpaired) electrons. The average Bonchev–Trinajstić information content (AvgIpc) is 3.02. The fourth-order valence-corrected chi connectivity index (χ4v) is 2.45. The van der Waals surface area contributed by atoms with Crippen LogP contribution in [0.4, 0.5) is 15.6 Å². The number of anilines is 2. The molecule has 4 nitrogen and oxygen atoms in total. The minimum Gasteiger partial charge on any atom is -0.308 e. The van der Waals surface area contributed by atoms with Gasteiger partial charge in [-0.1, -0.05) is 42.5 Å². The van der Waals surface area contributed by atoms with E-state index in [9.17, 15) is 4.79 Å². The van der Waals surface area contributed by atoms with Crippen LogP contribution in [0.5, 0.6) is 0 Å². The van der Waals surface area contributed by atoms with Crippen LogP contribution in [0.15, 0.2) is 66.2 Å². The minimum atomic E-state index is -0.294. The highest BCUT2D eigenvalue weighted by atomic mass is 32.1. The van der Waals surface area contributed by atoms with E-state index in [1.807, 2.05) is 47.8 Å². The van der Waals surface area contributed by atoms with Crippen molar-refractivity contribution in [3.63, 3.8) is 0 Å². The Kier molecular flexibility index (Phi) is 3.93. The number of urea groups is 1. The summed E-state index contributed by atoms with van der Waals surface area (Å²) in [5.41, 5.74) is 3.00. The van der Waals surface area contributed by atoms with Crippen molar-refractivity contribution in [2.45, 2.75) is 0 Å². The zero-order valence-electron chi connectivity index (χ0n) is 11.1. The molecular weight excluding hydrogens is 282 g/mol. The first-order chi connectivity index (χ1) is 10.3. The number of nitrogens with one attached hydrogen (secondary N) is 2. The Morgan fingerprint density at radius 1 is 0.905 bits per heavy atom. The summed E-state index contributed by atoms with van der Waals surface area (Å²) in [6.45, 7) is 0. The average molecular weight is 295 g/mol. The predicted molar refractivity (Wildman–Crippen MR) is 86.6 cm³/mol. The molecule has 0 saturated heterocycles. The van der Waals surface area contributed by atoms with Gasteiger partial charge in [-0.25, -0.2) is 9.78 Å². The molecule has 0 aliphatic heterocycles. The Hall–Kier alpha value is -2.66. The predicted octanol–water partition coefficient (Wildman–Crippen LogP) is 4.45. The molecule has 21 heavy (non-hydrogen) atoms. The summed E-state index contributed by atoms with van der Waals surface area (Å²) in [6.07, 6.45) is 1.65. The van der Waals surface area contributed by atoms with Gasteiger partial charge in [0.15, 0.2) is 5.13 Å². The number of thiazole rings is 1. The summed E-state index contributed by atoms with van der Waals surface area (Å²) in [7, 11) is 0. The van der Waals surface area contributed by atoms with Crippen LogP contribution in [-0.2, 0) is 0 Å². The quantitative estimate of drug-likeness (QED) is 0.750. The molecule has 0 bridgehead atoms. The summed E-state index contributed by atoms with van der Waals surface area (Å²) in [5.74, 6) is 0. The lowest BCUT2D eigenvalue weighted by Gasteiger charge is -2.07. The molecule has 0 unspecified atom stereocenters. The number of benzene rings is 2. The molecule has 2 amide bonds. The Labute approximate surface area is 126 Å². The van der Waals surface area contributed by atoms with E-state index < -0.39 is 0 Å². The van der Waals surface area contributed by atoms with E-state index in [-0.39, 0.29) is 6.03 Å². The molecule has 2 N–H and O–H groups in total. The maximum Gasteiger partial charge on any atom is 0.325 e. The number of carbonyl (C=O) groups excluding carboxylic acids is 1. The van der Waals surface area contributed by atoms with Gasteiger partial charge in [0.25, 0.3) is 0 Å². The van der Waals surface area contributed by atoms with Crippen LogP contribution < -0.4 is 10.6 Å². The normalized spacial score (nSPS) is 10.1. The third-order valence-electron chi connectivity index (χ3n) is 2.90. The Morgan fingerprint density at radius 2 is 1.62 bits per heavy atom. The van der Waals surface area contributed by atoms with Crippen molar-refractivity contribution in [1.29, 1.82) is 0 Å². The van der Waals surface area contributed by atoms with Gasteiger partial charge in [-0.05, 0) is 23.3 Å². The second-order valence-corrected chi connectivity index (χ2v) is 5.25. The molecule has 5 heteroatoms. The topological polar surface area (TPSA) is 54.0 Å². The van der Waals surface area contributed by atoms with Gasteiger partial charge in [-0.15, -0.1) is 11.3 Å². The number of hydrogen-bond donors (Lipinski definition) is 2. The van der Waals surface area contributed by atoms with E-state index in [0.29, 0.717) is 5.13 Å². The molecule has 0 spiro atoms. The van der Waals surface area contributed by atoms with Gasteiger partial charge in [0.1, 0.15) is 0 Å². The van der Waals surface area contributed by atoms with Gasteiger partial charge in [-0.3, -0.25) is 5.32 Å². The van der Waals surface area contributed by atoms with Crippen molar-refractivity contribution in [3.05, 3.63) is 66.2 Å². The summed E-state index contributed by atoms with van der Waals surface area (Å²) in [5, 5.41) is 7.84. The van der Waals surface area contributed by atoms with E-state index >= 15 is 0 Å². The molecule has 0 fully saturated rings. The van der Waals surface area contributed by atoms with Crippen molar-refractivity contribution in [2.75, 3.05) is 10.6 Å². The van der Waals surface area contributed by atoms with Gasteiger partial charge < -0.3 is 5.32 Å². The van der Waals surface area contributed by atoms with E-state index in [0.717, 1.165) is 16.8 Å². The van der Waals surface area contributed by atoms with Crippen molar-refractivity contribution >= 4 is 28.2 Å². The molecule has 1 aromatic heterocycles. The van der Waals surface area contributed by atoms with Crippen LogP contribution >= 0.6 is 11.3 Å². The SMILES string of the molecule is O=C(Nc1ccc(-c2ccccc2)cc1)Nc1nccs1. The van der Waals surface area contributed by atoms with Crippen molar-refractivity contribution in [1.82, 2.24) is 4.98 Å². The van der Waals surface area contributed by atoms with Crippen LogP contribution in [-0.4, -0.2) is 11.0 Å². The number of nitrogens with zero attached hydrogens (tertiary/aromatic N) is 1. The first-order valence-electron chi connectivity index (χ1n) is 6.44. The zero-order chi connectivity index (χ0) is 14.5. The highest BCUT2D eigenvalue weighted by Gasteiger charge is 2.04. The lowest BCUT2D eigenvalue weighted by molar-refractivity contribution is 0.262. The smallest absolute Gasteiger partial charge is 0.308 e. The molecule has 104 valence electrons.